The number of rotatable bonds is 4. The van der Waals surface area contributed by atoms with E-state index in [1.54, 1.807) is 7.05 Å². The number of urea groups is 1. The number of amides is 3. The summed E-state index contributed by atoms with van der Waals surface area (Å²) in [4.78, 5) is 24.2. The number of hydrogen-bond acceptors (Lipinski definition) is 3. The van der Waals surface area contributed by atoms with Crippen molar-refractivity contribution < 1.29 is 14.3 Å². The first kappa shape index (κ1) is 12.8. The van der Waals surface area contributed by atoms with Crippen LogP contribution >= 0.6 is 0 Å². The highest BCUT2D eigenvalue weighted by atomic mass is 16.5. The Balaban J connectivity index is 2.26. The summed E-state index contributed by atoms with van der Waals surface area (Å²) in [5.41, 5.74) is 0. The first-order valence-corrected chi connectivity index (χ1v) is 5.49. The molecule has 1 rings (SSSR count). The first-order valence-electron chi connectivity index (χ1n) is 5.49. The van der Waals surface area contributed by atoms with E-state index in [2.05, 4.69) is 10.6 Å². The molecule has 1 atom stereocenters. The lowest BCUT2D eigenvalue weighted by Crippen LogP contribution is -2.46. The maximum Gasteiger partial charge on any atom is 0.317 e. The highest BCUT2D eigenvalue weighted by Crippen LogP contribution is 2.03. The molecule has 0 saturated carbocycles. The van der Waals surface area contributed by atoms with Gasteiger partial charge in [0, 0.05) is 20.2 Å². The molecule has 2 N–H and O–H groups in total. The Morgan fingerprint density at radius 3 is 2.81 bits per heavy atom. The van der Waals surface area contributed by atoms with Gasteiger partial charge < -0.3 is 20.3 Å². The van der Waals surface area contributed by atoms with Crippen LogP contribution in [-0.2, 0) is 9.53 Å². The Morgan fingerprint density at radius 2 is 2.25 bits per heavy atom. The number of carbonyl (C=O) groups is 2. The third kappa shape index (κ3) is 4.06. The van der Waals surface area contributed by atoms with Gasteiger partial charge in [-0.25, -0.2) is 4.79 Å². The molecule has 0 aromatic rings. The molecule has 1 aliphatic rings. The van der Waals surface area contributed by atoms with E-state index in [1.165, 1.54) is 4.90 Å². The Labute approximate surface area is 95.3 Å². The molecule has 3 amide bonds. The summed E-state index contributed by atoms with van der Waals surface area (Å²) in [6, 6.07) is -0.161. The fraction of sp³-hybridized carbons (Fsp3) is 0.800. The molecular formula is C10H19N3O3. The summed E-state index contributed by atoms with van der Waals surface area (Å²) >= 11 is 0. The molecule has 92 valence electrons. The maximum absolute atomic E-state index is 11.6. The highest BCUT2D eigenvalue weighted by molar-refractivity contribution is 5.83. The van der Waals surface area contributed by atoms with Crippen molar-refractivity contribution in [2.24, 2.45) is 0 Å². The molecule has 0 radical (unpaired) electrons. The summed E-state index contributed by atoms with van der Waals surface area (Å²) in [7, 11) is 1.60. The van der Waals surface area contributed by atoms with E-state index in [0.717, 1.165) is 6.42 Å². The fourth-order valence-corrected chi connectivity index (χ4v) is 1.47. The Bertz CT molecular complexity index is 252. The van der Waals surface area contributed by atoms with Crippen molar-refractivity contribution in [3.05, 3.63) is 0 Å². The summed E-state index contributed by atoms with van der Waals surface area (Å²) in [5, 5.41) is 5.45. The smallest absolute Gasteiger partial charge is 0.317 e. The second kappa shape index (κ2) is 6.32. The van der Waals surface area contributed by atoms with Crippen LogP contribution in [0.5, 0.6) is 0 Å². The van der Waals surface area contributed by atoms with Gasteiger partial charge in [-0.15, -0.1) is 0 Å². The van der Waals surface area contributed by atoms with Gasteiger partial charge >= 0.3 is 6.03 Å². The Hall–Kier alpha value is -1.30. The van der Waals surface area contributed by atoms with Crippen LogP contribution in [0, 0.1) is 0 Å². The zero-order valence-corrected chi connectivity index (χ0v) is 9.78. The lowest BCUT2D eigenvalue weighted by molar-refractivity contribution is -0.121. The molecule has 0 spiro atoms. The van der Waals surface area contributed by atoms with E-state index >= 15 is 0 Å². The van der Waals surface area contributed by atoms with Crippen molar-refractivity contribution in [1.29, 1.82) is 0 Å². The molecule has 6 nitrogen and oxygen atoms in total. The van der Waals surface area contributed by atoms with Gasteiger partial charge in [-0.05, 0) is 13.3 Å². The molecule has 0 aromatic carbocycles. The average Bonchev–Trinajstić information content (AvgIpc) is 2.70. The predicted octanol–water partition coefficient (Wildman–Crippen LogP) is -0.447. The summed E-state index contributed by atoms with van der Waals surface area (Å²) in [5.74, 6) is -0.150. The van der Waals surface area contributed by atoms with Gasteiger partial charge in [0.05, 0.1) is 12.6 Å². The molecular weight excluding hydrogens is 210 g/mol. The quantitative estimate of drug-likeness (QED) is 0.686. The molecule has 1 unspecified atom stereocenters. The Morgan fingerprint density at radius 1 is 1.50 bits per heavy atom. The zero-order chi connectivity index (χ0) is 12.0. The van der Waals surface area contributed by atoms with Crippen molar-refractivity contribution in [3.8, 4) is 0 Å². The fourth-order valence-electron chi connectivity index (χ4n) is 1.47. The molecule has 0 aliphatic carbocycles. The minimum Gasteiger partial charge on any atom is -0.379 e. The summed E-state index contributed by atoms with van der Waals surface area (Å²) < 4.78 is 5.14. The van der Waals surface area contributed by atoms with E-state index in [0.29, 0.717) is 19.8 Å². The lowest BCUT2D eigenvalue weighted by Gasteiger charge is -2.19. The van der Waals surface area contributed by atoms with Gasteiger partial charge in [-0.3, -0.25) is 4.79 Å². The van der Waals surface area contributed by atoms with E-state index in [-0.39, 0.29) is 24.5 Å². The molecule has 1 fully saturated rings. The van der Waals surface area contributed by atoms with Crippen LogP contribution in [0.3, 0.4) is 0 Å². The maximum atomic E-state index is 11.6. The average molecular weight is 229 g/mol. The van der Waals surface area contributed by atoms with E-state index < -0.39 is 0 Å². The minimum absolute atomic E-state index is 0.0733. The van der Waals surface area contributed by atoms with E-state index in [4.69, 9.17) is 4.74 Å². The number of nitrogens with one attached hydrogen (secondary N) is 2. The summed E-state index contributed by atoms with van der Waals surface area (Å²) in [6.45, 7) is 3.73. The van der Waals surface area contributed by atoms with Gasteiger partial charge in [-0.1, -0.05) is 0 Å². The molecule has 6 heteroatoms. The van der Waals surface area contributed by atoms with Crippen LogP contribution in [0.1, 0.15) is 13.3 Å². The first-order chi connectivity index (χ1) is 7.63. The SMILES string of the molecule is CCNC(=O)CN(C)C(=O)NC1CCOC1. The van der Waals surface area contributed by atoms with Crippen molar-refractivity contribution in [2.45, 2.75) is 19.4 Å². The standard InChI is InChI=1S/C10H19N3O3/c1-3-11-9(14)6-13(2)10(15)12-8-4-5-16-7-8/h8H,3-7H2,1-2H3,(H,11,14)(H,12,15). The monoisotopic (exact) mass is 229 g/mol. The van der Waals surface area contributed by atoms with Gasteiger partial charge in [0.15, 0.2) is 0 Å². The van der Waals surface area contributed by atoms with Crippen molar-refractivity contribution >= 4 is 11.9 Å². The largest absolute Gasteiger partial charge is 0.379 e. The van der Waals surface area contributed by atoms with Crippen molar-refractivity contribution in [3.63, 3.8) is 0 Å². The van der Waals surface area contributed by atoms with Gasteiger partial charge in [0.25, 0.3) is 0 Å². The minimum atomic E-state index is -0.234. The normalized spacial score (nSPS) is 19.2. The third-order valence-electron chi connectivity index (χ3n) is 2.36. The molecule has 1 heterocycles. The van der Waals surface area contributed by atoms with Crippen LogP contribution in [0.25, 0.3) is 0 Å². The Kier molecular flexibility index (Phi) is 5.04. The number of hydrogen-bond donors (Lipinski definition) is 2. The lowest BCUT2D eigenvalue weighted by atomic mass is 10.3. The number of nitrogens with zero attached hydrogens (tertiary/aromatic N) is 1. The third-order valence-corrected chi connectivity index (χ3v) is 2.36. The van der Waals surface area contributed by atoms with Crippen LogP contribution in [-0.4, -0.2) is 56.2 Å². The highest BCUT2D eigenvalue weighted by Gasteiger charge is 2.20. The second-order valence-electron chi connectivity index (χ2n) is 3.82. The topological polar surface area (TPSA) is 70.7 Å². The number of carbonyl (C=O) groups excluding carboxylic acids is 2. The molecule has 1 aliphatic heterocycles. The molecule has 0 bridgehead atoms. The predicted molar refractivity (Wildman–Crippen MR) is 59.1 cm³/mol. The number of likely N-dealkylation sites (N-methyl/N-ethyl adjacent to an activating group) is 2. The van der Waals surface area contributed by atoms with Crippen LogP contribution < -0.4 is 10.6 Å². The summed E-state index contributed by atoms with van der Waals surface area (Å²) in [6.07, 6.45) is 0.834. The van der Waals surface area contributed by atoms with Crippen LogP contribution in [0.4, 0.5) is 4.79 Å². The molecule has 0 aromatic heterocycles. The van der Waals surface area contributed by atoms with E-state index in [1.807, 2.05) is 6.92 Å². The van der Waals surface area contributed by atoms with Crippen molar-refractivity contribution in [2.75, 3.05) is 33.4 Å². The van der Waals surface area contributed by atoms with E-state index in [9.17, 15) is 9.59 Å². The van der Waals surface area contributed by atoms with Gasteiger partial charge in [0.1, 0.15) is 6.54 Å². The van der Waals surface area contributed by atoms with Gasteiger partial charge in [0.2, 0.25) is 5.91 Å². The van der Waals surface area contributed by atoms with Crippen molar-refractivity contribution in [1.82, 2.24) is 15.5 Å². The van der Waals surface area contributed by atoms with Crippen LogP contribution in [0.2, 0.25) is 0 Å². The molecule has 1 saturated heterocycles. The van der Waals surface area contributed by atoms with Gasteiger partial charge in [-0.2, -0.15) is 0 Å². The number of ether oxygens (including phenoxy) is 1. The van der Waals surface area contributed by atoms with Crippen LogP contribution in [0.15, 0.2) is 0 Å². The zero-order valence-electron chi connectivity index (χ0n) is 9.78. The second-order valence-corrected chi connectivity index (χ2v) is 3.82. The molecule has 16 heavy (non-hydrogen) atoms.